The van der Waals surface area contributed by atoms with Gasteiger partial charge in [0.1, 0.15) is 30.6 Å². The molecule has 1 spiro atoms. The number of rotatable bonds is 3. The van der Waals surface area contributed by atoms with E-state index in [1.807, 2.05) is 71.0 Å². The number of nitrogens with zero attached hydrogens (tertiary/aromatic N) is 1. The molecule has 0 radical (unpaired) electrons. The highest BCUT2D eigenvalue weighted by Crippen LogP contribution is 2.46. The second-order valence-corrected chi connectivity index (χ2v) is 9.28. The minimum atomic E-state index is -1.12. The van der Waals surface area contributed by atoms with Crippen LogP contribution in [0.25, 0.3) is 0 Å². The van der Waals surface area contributed by atoms with Crippen LogP contribution in [0.4, 0.5) is 0 Å². The number of hydrogen-bond donors (Lipinski definition) is 0. The molecule has 3 fully saturated rings. The van der Waals surface area contributed by atoms with Gasteiger partial charge in [0.25, 0.3) is 0 Å². The molecule has 0 N–H and O–H groups in total. The standard InChI is InChI=1S/C23H29NO7/c1-14-11-16(15-9-7-6-8-10-15)24-30-20(14)27-19-18-17(28-22(4,5)29-18)12-25-23(19)13-26-21(2,3)31-23/h6-11,17-20H,12-13H2,1-5H3/t17-,18-,19+,20+,23+/m1/s1. The average Bonchev–Trinajstić information content (AvgIpc) is 3.21. The van der Waals surface area contributed by atoms with Gasteiger partial charge in [-0.3, -0.25) is 0 Å². The van der Waals surface area contributed by atoms with E-state index in [-0.39, 0.29) is 12.7 Å². The summed E-state index contributed by atoms with van der Waals surface area (Å²) in [5.41, 5.74) is 2.59. The molecule has 1 aromatic carbocycles. The molecule has 0 saturated carbocycles. The first-order valence-corrected chi connectivity index (χ1v) is 10.6. The molecule has 4 aliphatic rings. The van der Waals surface area contributed by atoms with Crippen molar-refractivity contribution in [2.24, 2.45) is 5.16 Å². The van der Waals surface area contributed by atoms with E-state index in [2.05, 4.69) is 5.16 Å². The summed E-state index contributed by atoms with van der Waals surface area (Å²) >= 11 is 0. The van der Waals surface area contributed by atoms with Crippen molar-refractivity contribution in [3.63, 3.8) is 0 Å². The quantitative estimate of drug-likeness (QED) is 0.728. The summed E-state index contributed by atoms with van der Waals surface area (Å²) in [6, 6.07) is 9.86. The third-order valence-corrected chi connectivity index (χ3v) is 5.81. The average molecular weight is 431 g/mol. The molecule has 4 aliphatic heterocycles. The molecule has 8 heteroatoms. The van der Waals surface area contributed by atoms with Crippen molar-refractivity contribution in [3.8, 4) is 0 Å². The number of ether oxygens (including phenoxy) is 6. The van der Waals surface area contributed by atoms with Crippen LogP contribution in [0.1, 0.15) is 40.2 Å². The summed E-state index contributed by atoms with van der Waals surface area (Å²) < 4.78 is 36.9. The Labute approximate surface area is 182 Å². The zero-order valence-electron chi connectivity index (χ0n) is 18.5. The molecule has 0 bridgehead atoms. The summed E-state index contributed by atoms with van der Waals surface area (Å²) in [5.74, 6) is -2.68. The number of allylic oxidation sites excluding steroid dienone is 1. The van der Waals surface area contributed by atoms with E-state index in [0.29, 0.717) is 6.61 Å². The van der Waals surface area contributed by atoms with Crippen molar-refractivity contribution >= 4 is 5.71 Å². The maximum atomic E-state index is 6.43. The molecule has 0 unspecified atom stereocenters. The molecule has 168 valence electrons. The zero-order chi connectivity index (χ0) is 21.9. The second-order valence-electron chi connectivity index (χ2n) is 9.28. The van der Waals surface area contributed by atoms with Crippen LogP contribution in [0.5, 0.6) is 0 Å². The van der Waals surface area contributed by atoms with Gasteiger partial charge in [-0.25, -0.2) is 0 Å². The van der Waals surface area contributed by atoms with Gasteiger partial charge in [-0.15, -0.1) is 0 Å². The number of oxime groups is 1. The van der Waals surface area contributed by atoms with E-state index in [0.717, 1.165) is 16.8 Å². The third kappa shape index (κ3) is 3.92. The molecule has 5 rings (SSSR count). The fourth-order valence-electron chi connectivity index (χ4n) is 4.45. The van der Waals surface area contributed by atoms with Gasteiger partial charge in [0.2, 0.25) is 12.1 Å². The predicted octanol–water partition coefficient (Wildman–Crippen LogP) is 3.11. The highest BCUT2D eigenvalue weighted by atomic mass is 16.9. The smallest absolute Gasteiger partial charge is 0.249 e. The van der Waals surface area contributed by atoms with Crippen LogP contribution in [-0.2, 0) is 33.3 Å². The van der Waals surface area contributed by atoms with E-state index in [9.17, 15) is 0 Å². The summed E-state index contributed by atoms with van der Waals surface area (Å²) in [6.07, 6.45) is -0.0808. The highest BCUT2D eigenvalue weighted by molar-refractivity contribution is 6.09. The first-order chi connectivity index (χ1) is 14.7. The van der Waals surface area contributed by atoms with E-state index in [1.165, 1.54) is 0 Å². The lowest BCUT2D eigenvalue weighted by Crippen LogP contribution is -2.63. The van der Waals surface area contributed by atoms with E-state index < -0.39 is 35.9 Å². The number of hydrogen-bond acceptors (Lipinski definition) is 8. The Kier molecular flexibility index (Phi) is 5.00. The summed E-state index contributed by atoms with van der Waals surface area (Å²) in [6.45, 7) is 9.94. The fourth-order valence-corrected chi connectivity index (χ4v) is 4.45. The van der Waals surface area contributed by atoms with E-state index in [1.54, 1.807) is 0 Å². The van der Waals surface area contributed by atoms with Gasteiger partial charge < -0.3 is 33.3 Å². The van der Waals surface area contributed by atoms with Crippen molar-refractivity contribution in [1.82, 2.24) is 0 Å². The SMILES string of the molecule is CC1=CC(c2ccccc2)=NO[C@@H]1O[C@H]1[C@@H]2OC(C)(C)O[C@@H]2CO[C@]12COC(C)(C)O2. The van der Waals surface area contributed by atoms with Gasteiger partial charge in [0, 0.05) is 5.56 Å². The topological polar surface area (TPSA) is 77.0 Å². The number of benzene rings is 1. The van der Waals surface area contributed by atoms with E-state index in [4.69, 9.17) is 33.3 Å². The summed E-state index contributed by atoms with van der Waals surface area (Å²) in [4.78, 5) is 5.76. The summed E-state index contributed by atoms with van der Waals surface area (Å²) in [7, 11) is 0. The fraction of sp³-hybridized carbons (Fsp3) is 0.609. The normalized spacial score (nSPS) is 38.4. The van der Waals surface area contributed by atoms with Crippen LogP contribution in [0.15, 0.2) is 47.1 Å². The Morgan fingerprint density at radius 2 is 1.77 bits per heavy atom. The molecule has 1 aromatic rings. The Morgan fingerprint density at radius 1 is 1.00 bits per heavy atom. The van der Waals surface area contributed by atoms with Crippen LogP contribution < -0.4 is 0 Å². The Hall–Kier alpha value is -1.81. The van der Waals surface area contributed by atoms with Crippen LogP contribution >= 0.6 is 0 Å². The molecule has 0 aromatic heterocycles. The lowest BCUT2D eigenvalue weighted by atomic mass is 9.96. The van der Waals surface area contributed by atoms with Gasteiger partial charge in [0.05, 0.1) is 6.61 Å². The highest BCUT2D eigenvalue weighted by Gasteiger charge is 2.64. The zero-order valence-corrected chi connectivity index (χ0v) is 18.5. The molecule has 0 aliphatic carbocycles. The van der Waals surface area contributed by atoms with Gasteiger partial charge in [-0.05, 0) is 46.3 Å². The van der Waals surface area contributed by atoms with Crippen molar-refractivity contribution in [1.29, 1.82) is 0 Å². The van der Waals surface area contributed by atoms with Crippen LogP contribution in [0.3, 0.4) is 0 Å². The first-order valence-electron chi connectivity index (χ1n) is 10.6. The molecule has 8 nitrogen and oxygen atoms in total. The molecule has 4 heterocycles. The van der Waals surface area contributed by atoms with Crippen molar-refractivity contribution in [2.75, 3.05) is 13.2 Å². The molecule has 31 heavy (non-hydrogen) atoms. The van der Waals surface area contributed by atoms with Crippen LogP contribution in [-0.4, -0.2) is 60.9 Å². The Morgan fingerprint density at radius 3 is 2.45 bits per heavy atom. The minimum absolute atomic E-state index is 0.214. The monoisotopic (exact) mass is 431 g/mol. The largest absolute Gasteiger partial charge is 0.358 e. The molecular formula is C23H29NO7. The van der Waals surface area contributed by atoms with Crippen molar-refractivity contribution in [3.05, 3.63) is 47.5 Å². The molecule has 0 amide bonds. The van der Waals surface area contributed by atoms with Crippen LogP contribution in [0, 0.1) is 0 Å². The van der Waals surface area contributed by atoms with E-state index >= 15 is 0 Å². The molecule has 3 saturated heterocycles. The third-order valence-electron chi connectivity index (χ3n) is 5.81. The van der Waals surface area contributed by atoms with Crippen molar-refractivity contribution < 1.29 is 33.3 Å². The molecular weight excluding hydrogens is 402 g/mol. The van der Waals surface area contributed by atoms with Gasteiger partial charge in [0.15, 0.2) is 11.6 Å². The Bertz CT molecular complexity index is 894. The Balaban J connectivity index is 1.40. The van der Waals surface area contributed by atoms with Gasteiger partial charge in [-0.1, -0.05) is 35.5 Å². The minimum Gasteiger partial charge on any atom is -0.358 e. The second kappa shape index (κ2) is 7.37. The van der Waals surface area contributed by atoms with Crippen LogP contribution in [0.2, 0.25) is 0 Å². The maximum absolute atomic E-state index is 6.43. The van der Waals surface area contributed by atoms with Gasteiger partial charge >= 0.3 is 0 Å². The predicted molar refractivity (Wildman–Crippen MR) is 110 cm³/mol. The van der Waals surface area contributed by atoms with Crippen molar-refractivity contribution in [2.45, 2.75) is 76.6 Å². The van der Waals surface area contributed by atoms with Gasteiger partial charge in [-0.2, -0.15) is 0 Å². The lowest BCUT2D eigenvalue weighted by Gasteiger charge is -2.44. The molecule has 5 atom stereocenters. The maximum Gasteiger partial charge on any atom is 0.249 e. The number of fused-ring (bicyclic) bond motifs is 1. The summed E-state index contributed by atoms with van der Waals surface area (Å²) in [5, 5.41) is 4.29. The first kappa shape index (κ1) is 21.1. The lowest BCUT2D eigenvalue weighted by molar-refractivity contribution is -0.352.